The minimum Gasteiger partial charge on any atom is -0.477 e. The minimum atomic E-state index is -1.08. The Balaban J connectivity index is 2.41. The Labute approximate surface area is 108 Å². The Hall–Kier alpha value is -1.62. The average Bonchev–Trinajstić information content (AvgIpc) is 2.28. The fourth-order valence-corrected chi connectivity index (χ4v) is 1.43. The van der Waals surface area contributed by atoms with E-state index in [1.807, 2.05) is 30.3 Å². The van der Waals surface area contributed by atoms with Crippen LogP contribution in [0.15, 0.2) is 40.0 Å². The zero-order valence-electron chi connectivity index (χ0n) is 9.26. The van der Waals surface area contributed by atoms with Crippen molar-refractivity contribution in [3.8, 4) is 0 Å². The molecule has 0 spiro atoms. The van der Waals surface area contributed by atoms with Gasteiger partial charge < -0.3 is 9.94 Å². The molecule has 4 nitrogen and oxygen atoms in total. The Morgan fingerprint density at radius 2 is 2.35 bits per heavy atom. The largest absolute Gasteiger partial charge is 0.477 e. The number of oxime groups is 1. The van der Waals surface area contributed by atoms with Gasteiger partial charge in [-0.2, -0.15) is 0 Å². The Morgan fingerprint density at radius 1 is 1.59 bits per heavy atom. The summed E-state index contributed by atoms with van der Waals surface area (Å²) in [4.78, 5) is 15.2. The number of benzene rings is 1. The van der Waals surface area contributed by atoms with Crippen molar-refractivity contribution in [2.24, 2.45) is 5.16 Å². The van der Waals surface area contributed by atoms with Crippen molar-refractivity contribution in [3.63, 3.8) is 0 Å². The van der Waals surface area contributed by atoms with Crippen LogP contribution in [0.2, 0.25) is 0 Å². The van der Waals surface area contributed by atoms with Gasteiger partial charge in [0.1, 0.15) is 6.61 Å². The summed E-state index contributed by atoms with van der Waals surface area (Å²) >= 11 is 3.37. The van der Waals surface area contributed by atoms with Crippen molar-refractivity contribution in [1.29, 1.82) is 0 Å². The molecule has 1 N–H and O–H groups in total. The molecule has 1 rings (SSSR count). The van der Waals surface area contributed by atoms with Crippen LogP contribution in [0.3, 0.4) is 0 Å². The monoisotopic (exact) mass is 297 g/mol. The highest BCUT2D eigenvalue weighted by Gasteiger charge is 2.00. The highest BCUT2D eigenvalue weighted by atomic mass is 79.9. The second-order valence-electron chi connectivity index (χ2n) is 3.23. The van der Waals surface area contributed by atoms with Crippen molar-refractivity contribution in [3.05, 3.63) is 40.4 Å². The lowest BCUT2D eigenvalue weighted by Crippen LogP contribution is -2.08. The molecule has 0 heterocycles. The van der Waals surface area contributed by atoms with Gasteiger partial charge in [0.15, 0.2) is 5.71 Å². The third-order valence-corrected chi connectivity index (χ3v) is 2.33. The average molecular weight is 298 g/mol. The number of halogens is 1. The molecule has 0 aromatic heterocycles. The Kier molecular flexibility index (Phi) is 5.42. The molecular formula is C12H12BrNO3. The molecule has 1 aromatic rings. The summed E-state index contributed by atoms with van der Waals surface area (Å²) in [5, 5.41) is 11.9. The molecule has 0 aliphatic carbocycles. The van der Waals surface area contributed by atoms with Gasteiger partial charge in [-0.25, -0.2) is 4.79 Å². The van der Waals surface area contributed by atoms with Gasteiger partial charge in [-0.3, -0.25) is 0 Å². The van der Waals surface area contributed by atoms with E-state index in [1.54, 1.807) is 6.08 Å². The molecule has 0 saturated carbocycles. The van der Waals surface area contributed by atoms with Crippen LogP contribution in [-0.2, 0) is 9.63 Å². The first kappa shape index (κ1) is 13.4. The van der Waals surface area contributed by atoms with Gasteiger partial charge in [0.05, 0.1) is 0 Å². The molecule has 0 atom stereocenters. The molecule has 90 valence electrons. The maximum absolute atomic E-state index is 10.4. The lowest BCUT2D eigenvalue weighted by Gasteiger charge is -1.96. The van der Waals surface area contributed by atoms with Crippen LogP contribution in [0.25, 0.3) is 6.08 Å². The normalized spacial score (nSPS) is 11.8. The summed E-state index contributed by atoms with van der Waals surface area (Å²) in [7, 11) is 0. The summed E-state index contributed by atoms with van der Waals surface area (Å²) in [5.41, 5.74) is 0.961. The van der Waals surface area contributed by atoms with Crippen LogP contribution >= 0.6 is 15.9 Å². The summed E-state index contributed by atoms with van der Waals surface area (Å²) in [6, 6.07) is 7.78. The van der Waals surface area contributed by atoms with Gasteiger partial charge in [-0.1, -0.05) is 39.3 Å². The molecule has 0 unspecified atom stereocenters. The predicted octanol–water partition coefficient (Wildman–Crippen LogP) is 2.94. The minimum absolute atomic E-state index is 0.0687. The number of carbonyl (C=O) groups is 1. The van der Waals surface area contributed by atoms with E-state index in [9.17, 15) is 4.79 Å². The molecule has 0 saturated heterocycles. The van der Waals surface area contributed by atoms with E-state index in [1.165, 1.54) is 6.92 Å². The van der Waals surface area contributed by atoms with Gasteiger partial charge in [-0.15, -0.1) is 0 Å². The first-order valence-electron chi connectivity index (χ1n) is 4.91. The number of nitrogens with zero attached hydrogens (tertiary/aromatic N) is 1. The number of aliphatic carboxylic acids is 1. The Morgan fingerprint density at radius 3 is 3.00 bits per heavy atom. The Bertz CT molecular complexity index is 455. The van der Waals surface area contributed by atoms with E-state index in [4.69, 9.17) is 9.94 Å². The standard InChI is InChI=1S/C12H12BrNO3/c1-9(12(15)16)14-17-7-3-5-10-4-2-6-11(13)8-10/h2-6,8H,7H2,1H3,(H,15,16)/b5-3+,14-9?. The fourth-order valence-electron chi connectivity index (χ4n) is 1.01. The van der Waals surface area contributed by atoms with E-state index >= 15 is 0 Å². The van der Waals surface area contributed by atoms with Gasteiger partial charge in [0.25, 0.3) is 0 Å². The molecule has 0 amide bonds. The van der Waals surface area contributed by atoms with E-state index in [2.05, 4.69) is 21.1 Å². The van der Waals surface area contributed by atoms with E-state index in [-0.39, 0.29) is 12.3 Å². The summed E-state index contributed by atoms with van der Waals surface area (Å²) < 4.78 is 1.00. The molecule has 0 aliphatic heterocycles. The van der Waals surface area contributed by atoms with Crippen molar-refractivity contribution in [1.82, 2.24) is 0 Å². The zero-order valence-corrected chi connectivity index (χ0v) is 10.8. The smallest absolute Gasteiger partial charge is 0.353 e. The summed E-state index contributed by atoms with van der Waals surface area (Å²) in [5.74, 6) is -1.08. The summed E-state index contributed by atoms with van der Waals surface area (Å²) in [6.07, 6.45) is 3.64. The van der Waals surface area contributed by atoms with Gasteiger partial charge in [0.2, 0.25) is 0 Å². The molecule has 1 aromatic carbocycles. The first-order valence-corrected chi connectivity index (χ1v) is 5.71. The zero-order chi connectivity index (χ0) is 12.7. The number of carboxylic acid groups (broad SMARTS) is 1. The van der Waals surface area contributed by atoms with Crippen molar-refractivity contribution in [2.75, 3.05) is 6.61 Å². The van der Waals surface area contributed by atoms with Crippen LogP contribution in [-0.4, -0.2) is 23.4 Å². The van der Waals surface area contributed by atoms with Gasteiger partial charge in [0, 0.05) is 4.47 Å². The fraction of sp³-hybridized carbons (Fsp3) is 0.167. The van der Waals surface area contributed by atoms with Gasteiger partial charge >= 0.3 is 5.97 Å². The van der Waals surface area contributed by atoms with E-state index < -0.39 is 5.97 Å². The highest BCUT2D eigenvalue weighted by Crippen LogP contribution is 2.12. The van der Waals surface area contributed by atoms with Crippen LogP contribution < -0.4 is 0 Å². The maximum Gasteiger partial charge on any atom is 0.353 e. The van der Waals surface area contributed by atoms with Crippen molar-refractivity contribution >= 4 is 33.7 Å². The highest BCUT2D eigenvalue weighted by molar-refractivity contribution is 9.10. The summed E-state index contributed by atoms with van der Waals surface area (Å²) in [6.45, 7) is 1.61. The SMILES string of the molecule is CC(=NOC/C=C/c1cccc(Br)c1)C(=O)O. The predicted molar refractivity (Wildman–Crippen MR) is 69.9 cm³/mol. The quantitative estimate of drug-likeness (QED) is 0.516. The lowest BCUT2D eigenvalue weighted by molar-refractivity contribution is -0.129. The molecule has 0 radical (unpaired) electrons. The van der Waals surface area contributed by atoms with Crippen LogP contribution in [0.1, 0.15) is 12.5 Å². The second-order valence-corrected chi connectivity index (χ2v) is 4.15. The maximum atomic E-state index is 10.4. The number of rotatable bonds is 5. The van der Waals surface area contributed by atoms with Crippen LogP contribution in [0.4, 0.5) is 0 Å². The molecule has 5 heteroatoms. The number of hydrogen-bond donors (Lipinski definition) is 1. The number of carboxylic acids is 1. The second kappa shape index (κ2) is 6.85. The molecular weight excluding hydrogens is 286 g/mol. The van der Waals surface area contributed by atoms with Gasteiger partial charge in [-0.05, 0) is 30.7 Å². The lowest BCUT2D eigenvalue weighted by atomic mass is 10.2. The molecule has 0 fully saturated rings. The molecule has 0 aliphatic rings. The number of hydrogen-bond acceptors (Lipinski definition) is 3. The van der Waals surface area contributed by atoms with E-state index in [0.717, 1.165) is 10.0 Å². The van der Waals surface area contributed by atoms with Crippen LogP contribution in [0, 0.1) is 0 Å². The topological polar surface area (TPSA) is 58.9 Å². The third-order valence-electron chi connectivity index (χ3n) is 1.84. The molecule has 17 heavy (non-hydrogen) atoms. The third kappa shape index (κ3) is 5.31. The van der Waals surface area contributed by atoms with E-state index in [0.29, 0.717) is 0 Å². The first-order chi connectivity index (χ1) is 8.09. The van der Waals surface area contributed by atoms with Crippen molar-refractivity contribution < 1.29 is 14.7 Å². The van der Waals surface area contributed by atoms with Crippen LogP contribution in [0.5, 0.6) is 0 Å². The molecule has 0 bridgehead atoms. The van der Waals surface area contributed by atoms with Crippen molar-refractivity contribution in [2.45, 2.75) is 6.92 Å².